The van der Waals surface area contributed by atoms with Crippen molar-refractivity contribution >= 4 is 28.5 Å². The molecule has 0 N–H and O–H groups in total. The monoisotopic (exact) mass is 530 g/mol. The number of nitro groups is 3. The molecule has 0 amide bonds. The molecule has 0 heterocycles. The van der Waals surface area contributed by atoms with E-state index in [0.29, 0.717) is 28.9 Å². The first-order valence-electron chi connectivity index (χ1n) is 12.6. The summed E-state index contributed by atoms with van der Waals surface area (Å²) in [6, 6.07) is 11.2. The molecule has 0 fully saturated rings. The first-order chi connectivity index (χ1) is 18.0. The predicted octanol–water partition coefficient (Wildman–Crippen LogP) is 7.72. The lowest BCUT2D eigenvalue weighted by molar-refractivity contribution is -0.393. The molecule has 4 rings (SSSR count). The van der Waals surface area contributed by atoms with E-state index in [4.69, 9.17) is 4.99 Å². The van der Waals surface area contributed by atoms with Gasteiger partial charge in [0.25, 0.3) is 17.1 Å². The lowest BCUT2D eigenvalue weighted by atomic mass is 9.81. The van der Waals surface area contributed by atoms with E-state index in [1.165, 1.54) is 12.1 Å². The summed E-state index contributed by atoms with van der Waals surface area (Å²) in [5.41, 5.74) is 2.75. The summed E-state index contributed by atoms with van der Waals surface area (Å²) >= 11 is 0. The van der Waals surface area contributed by atoms with Crippen LogP contribution in [0.25, 0.3) is 11.1 Å². The van der Waals surface area contributed by atoms with Crippen LogP contribution in [0, 0.1) is 30.3 Å². The molecule has 0 bridgehead atoms. The standard InChI is InChI=1S/C29H30N4O6/c1-8-16-11-20-19(15-24(16)32(36)37)26-21(13-18(31(34)35)14-25(26)33(38)39)27(20)30-23-12-17(28(2,3)4)9-10-22(23)29(5,6)7/h9-15H,8H2,1-7H3. The molecule has 39 heavy (non-hydrogen) atoms. The number of rotatable bonds is 5. The Morgan fingerprint density at radius 3 is 1.87 bits per heavy atom. The number of aryl methyl sites for hydroxylation is 1. The van der Waals surface area contributed by atoms with Gasteiger partial charge in [0.1, 0.15) is 0 Å². The van der Waals surface area contributed by atoms with Crippen molar-refractivity contribution in [2.75, 3.05) is 0 Å². The molecule has 1 aliphatic carbocycles. The number of non-ortho nitro benzene ring substituents is 1. The number of nitro benzene ring substituents is 3. The second-order valence-corrected chi connectivity index (χ2v) is 11.7. The van der Waals surface area contributed by atoms with Crippen molar-refractivity contribution in [2.24, 2.45) is 4.99 Å². The number of aliphatic imine (C=N–C) groups is 1. The van der Waals surface area contributed by atoms with Crippen LogP contribution in [0.15, 0.2) is 47.5 Å². The zero-order valence-corrected chi connectivity index (χ0v) is 23.0. The van der Waals surface area contributed by atoms with Gasteiger partial charge in [-0.15, -0.1) is 0 Å². The van der Waals surface area contributed by atoms with Crippen molar-refractivity contribution in [1.29, 1.82) is 0 Å². The van der Waals surface area contributed by atoms with Gasteiger partial charge < -0.3 is 0 Å². The molecule has 0 saturated heterocycles. The lowest BCUT2D eigenvalue weighted by Gasteiger charge is -2.25. The van der Waals surface area contributed by atoms with E-state index in [-0.39, 0.29) is 33.2 Å². The third-order valence-electron chi connectivity index (χ3n) is 6.99. The Hall–Kier alpha value is -4.47. The third kappa shape index (κ3) is 4.89. The minimum absolute atomic E-state index is 0.0920. The largest absolute Gasteiger partial charge is 0.284 e. The van der Waals surface area contributed by atoms with Crippen molar-refractivity contribution in [3.63, 3.8) is 0 Å². The van der Waals surface area contributed by atoms with Gasteiger partial charge in [-0.05, 0) is 40.5 Å². The number of nitrogens with zero attached hydrogens (tertiary/aromatic N) is 4. The Labute approximate surface area is 225 Å². The van der Waals surface area contributed by atoms with E-state index in [0.717, 1.165) is 17.2 Å². The maximum atomic E-state index is 12.1. The summed E-state index contributed by atoms with van der Waals surface area (Å²) in [5, 5.41) is 35.7. The summed E-state index contributed by atoms with van der Waals surface area (Å²) in [4.78, 5) is 38.9. The molecule has 0 radical (unpaired) electrons. The summed E-state index contributed by atoms with van der Waals surface area (Å²) in [5.74, 6) is 0. The third-order valence-corrected chi connectivity index (χ3v) is 6.99. The van der Waals surface area contributed by atoms with Gasteiger partial charge in [0.05, 0.1) is 37.8 Å². The van der Waals surface area contributed by atoms with Crippen LogP contribution < -0.4 is 0 Å². The Bertz CT molecular complexity index is 1590. The van der Waals surface area contributed by atoms with Crippen molar-refractivity contribution < 1.29 is 14.8 Å². The highest BCUT2D eigenvalue weighted by atomic mass is 16.6. The molecule has 3 aromatic rings. The molecule has 0 spiro atoms. The quantitative estimate of drug-likeness (QED) is 0.191. The molecule has 0 unspecified atom stereocenters. The van der Waals surface area contributed by atoms with Crippen LogP contribution in [-0.4, -0.2) is 20.5 Å². The maximum Gasteiger partial charge on any atom is 0.284 e. The number of benzene rings is 3. The van der Waals surface area contributed by atoms with Crippen LogP contribution in [0.1, 0.15) is 76.3 Å². The number of hydrogen-bond acceptors (Lipinski definition) is 7. The molecule has 0 aromatic heterocycles. The lowest BCUT2D eigenvalue weighted by Crippen LogP contribution is -2.15. The van der Waals surface area contributed by atoms with Crippen LogP contribution in [0.2, 0.25) is 0 Å². The van der Waals surface area contributed by atoms with Crippen LogP contribution in [0.5, 0.6) is 0 Å². The van der Waals surface area contributed by atoms with E-state index < -0.39 is 26.1 Å². The van der Waals surface area contributed by atoms with Crippen LogP contribution >= 0.6 is 0 Å². The van der Waals surface area contributed by atoms with Gasteiger partial charge in [0.15, 0.2) is 0 Å². The van der Waals surface area contributed by atoms with Crippen molar-refractivity contribution in [2.45, 2.75) is 65.7 Å². The van der Waals surface area contributed by atoms with Crippen molar-refractivity contribution in [3.05, 3.63) is 101 Å². The van der Waals surface area contributed by atoms with Crippen molar-refractivity contribution in [1.82, 2.24) is 0 Å². The van der Waals surface area contributed by atoms with E-state index in [1.54, 1.807) is 13.0 Å². The molecule has 0 aliphatic heterocycles. The fourth-order valence-electron chi connectivity index (χ4n) is 4.93. The van der Waals surface area contributed by atoms with Gasteiger partial charge in [-0.2, -0.15) is 0 Å². The summed E-state index contributed by atoms with van der Waals surface area (Å²) in [6.45, 7) is 14.2. The minimum atomic E-state index is -0.696. The number of fused-ring (bicyclic) bond motifs is 3. The molecule has 10 heteroatoms. The van der Waals surface area contributed by atoms with Gasteiger partial charge in [0, 0.05) is 34.4 Å². The summed E-state index contributed by atoms with van der Waals surface area (Å²) in [6.07, 6.45) is 0.349. The maximum absolute atomic E-state index is 12.1. The highest BCUT2D eigenvalue weighted by molar-refractivity contribution is 6.27. The van der Waals surface area contributed by atoms with E-state index >= 15 is 0 Å². The van der Waals surface area contributed by atoms with Crippen LogP contribution in [0.3, 0.4) is 0 Å². The first-order valence-corrected chi connectivity index (χ1v) is 12.6. The zero-order valence-electron chi connectivity index (χ0n) is 23.0. The van der Waals surface area contributed by atoms with Crippen LogP contribution in [-0.2, 0) is 17.3 Å². The minimum Gasteiger partial charge on any atom is -0.258 e. The molecule has 0 atom stereocenters. The predicted molar refractivity (Wildman–Crippen MR) is 150 cm³/mol. The molecule has 10 nitrogen and oxygen atoms in total. The highest BCUT2D eigenvalue weighted by Gasteiger charge is 2.37. The van der Waals surface area contributed by atoms with Crippen LogP contribution in [0.4, 0.5) is 22.7 Å². The molecular formula is C29H30N4O6. The average Bonchev–Trinajstić information content (AvgIpc) is 3.13. The molecular weight excluding hydrogens is 500 g/mol. The van der Waals surface area contributed by atoms with Gasteiger partial charge >= 0.3 is 0 Å². The highest BCUT2D eigenvalue weighted by Crippen LogP contribution is 2.48. The molecule has 3 aromatic carbocycles. The Morgan fingerprint density at radius 1 is 0.718 bits per heavy atom. The topological polar surface area (TPSA) is 142 Å². The zero-order chi connectivity index (χ0) is 29.0. The van der Waals surface area contributed by atoms with Gasteiger partial charge in [-0.3, -0.25) is 30.3 Å². The second-order valence-electron chi connectivity index (χ2n) is 11.7. The molecule has 0 saturated carbocycles. The Kier molecular flexibility index (Phi) is 6.62. The molecule has 202 valence electrons. The normalized spacial score (nSPS) is 13.8. The Balaban J connectivity index is 2.18. The van der Waals surface area contributed by atoms with E-state index in [9.17, 15) is 30.3 Å². The number of hydrogen-bond donors (Lipinski definition) is 0. The summed E-state index contributed by atoms with van der Waals surface area (Å²) in [7, 11) is 0. The van der Waals surface area contributed by atoms with Gasteiger partial charge in [-0.25, -0.2) is 4.99 Å². The second kappa shape index (κ2) is 9.37. The Morgan fingerprint density at radius 2 is 1.36 bits per heavy atom. The fraction of sp³-hybridized carbons (Fsp3) is 0.345. The average molecular weight is 531 g/mol. The smallest absolute Gasteiger partial charge is 0.258 e. The fourth-order valence-corrected chi connectivity index (χ4v) is 4.93. The SMILES string of the molecule is CCc1cc2c(cc1[N+](=O)[O-])-c1c(cc([N+](=O)[O-])cc1[N+](=O)[O-])C2=Nc1cc(C(C)(C)C)ccc1C(C)(C)C. The first kappa shape index (κ1) is 27.6. The summed E-state index contributed by atoms with van der Waals surface area (Å²) < 4.78 is 0. The molecule has 1 aliphatic rings. The van der Waals surface area contributed by atoms with E-state index in [1.807, 2.05) is 32.9 Å². The van der Waals surface area contributed by atoms with Gasteiger partial charge in [0.2, 0.25) is 0 Å². The van der Waals surface area contributed by atoms with Gasteiger partial charge in [-0.1, -0.05) is 60.6 Å². The van der Waals surface area contributed by atoms with Crippen molar-refractivity contribution in [3.8, 4) is 11.1 Å². The van der Waals surface area contributed by atoms with E-state index in [2.05, 4.69) is 26.8 Å².